The number of esters is 1. The number of aromatic amines is 1. The largest absolute Gasteiger partial charge is 0.463 e. The molecule has 0 radical (unpaired) electrons. The molecule has 2 saturated heterocycles. The number of hydrogen-bond donors (Lipinski definition) is 5. The first kappa shape index (κ1) is 34.7. The van der Waals surface area contributed by atoms with Crippen LogP contribution < -0.4 is 10.9 Å². The Hall–Kier alpha value is -2.13. The summed E-state index contributed by atoms with van der Waals surface area (Å²) in [5, 5.41) is 35.7. The maximum absolute atomic E-state index is 12.2. The van der Waals surface area contributed by atoms with E-state index >= 15 is 0 Å². The lowest BCUT2D eigenvalue weighted by atomic mass is 9.85. The highest BCUT2D eigenvalue weighted by Crippen LogP contribution is 2.38. The first-order valence-electron chi connectivity index (χ1n) is 15.6. The molecule has 11 nitrogen and oxygen atoms in total. The van der Waals surface area contributed by atoms with Crippen molar-refractivity contribution in [1.82, 2.24) is 4.98 Å². The van der Waals surface area contributed by atoms with Gasteiger partial charge < -0.3 is 39.8 Å². The SMILES string of the molecule is C/C(=C\C(=O)OCCCCCCCCC(=O)Nc1c2sscc-2[nH]c1=O)C[C@@H]1OC[C@H](C[C@@H]2O[C@H]2[C@@H](C)[C@H](C)O)[C@@H](O)[C@H]1O. The predicted molar refractivity (Wildman–Crippen MR) is 169 cm³/mol. The Labute approximate surface area is 265 Å². The second-order valence-electron chi connectivity index (χ2n) is 12.2. The Balaban J connectivity index is 1.02. The van der Waals surface area contributed by atoms with Crippen LogP contribution in [-0.2, 0) is 23.8 Å². The second-order valence-corrected chi connectivity index (χ2v) is 14.3. The summed E-state index contributed by atoms with van der Waals surface area (Å²) in [6, 6.07) is 0. The average molecular weight is 655 g/mol. The summed E-state index contributed by atoms with van der Waals surface area (Å²) < 4.78 is 16.9. The average Bonchev–Trinajstić information content (AvgIpc) is 3.49. The van der Waals surface area contributed by atoms with Gasteiger partial charge in [0.05, 0.1) is 54.3 Å². The van der Waals surface area contributed by atoms with Crippen LogP contribution in [0.25, 0.3) is 10.6 Å². The minimum Gasteiger partial charge on any atom is -0.463 e. The zero-order chi connectivity index (χ0) is 31.8. The first-order valence-corrected chi connectivity index (χ1v) is 17.8. The highest BCUT2D eigenvalue weighted by Gasteiger charge is 2.48. The molecule has 0 aliphatic carbocycles. The number of aromatic nitrogens is 1. The van der Waals surface area contributed by atoms with Crippen LogP contribution in [0.15, 0.2) is 21.8 Å². The van der Waals surface area contributed by atoms with E-state index in [0.717, 1.165) is 49.1 Å². The van der Waals surface area contributed by atoms with Crippen molar-refractivity contribution in [2.75, 3.05) is 18.5 Å². The molecule has 5 N–H and O–H groups in total. The third-order valence-corrected chi connectivity index (χ3v) is 10.7. The summed E-state index contributed by atoms with van der Waals surface area (Å²) in [5.41, 5.74) is 1.55. The Bertz CT molecular complexity index is 1270. The fraction of sp³-hybridized carbons (Fsp3) is 0.710. The molecule has 2 fully saturated rings. The van der Waals surface area contributed by atoms with Gasteiger partial charge in [0.25, 0.3) is 5.56 Å². The summed E-state index contributed by atoms with van der Waals surface area (Å²) in [6.07, 6.45) is 4.70. The minimum atomic E-state index is -1.07. The Morgan fingerprint density at radius 2 is 1.86 bits per heavy atom. The van der Waals surface area contributed by atoms with E-state index in [1.165, 1.54) is 26.8 Å². The van der Waals surface area contributed by atoms with Crippen LogP contribution in [0.2, 0.25) is 0 Å². The van der Waals surface area contributed by atoms with Crippen LogP contribution in [0, 0.1) is 11.8 Å². The maximum atomic E-state index is 12.2. The van der Waals surface area contributed by atoms with Gasteiger partial charge in [-0.25, -0.2) is 4.79 Å². The monoisotopic (exact) mass is 654 g/mol. The van der Waals surface area contributed by atoms with Gasteiger partial charge in [-0.1, -0.05) is 58.9 Å². The van der Waals surface area contributed by atoms with Crippen molar-refractivity contribution in [3.63, 3.8) is 0 Å². The highest BCUT2D eigenvalue weighted by molar-refractivity contribution is 7.70. The summed E-state index contributed by atoms with van der Waals surface area (Å²) >= 11 is 0. The molecule has 8 atom stereocenters. The number of hydrogen-bond acceptors (Lipinski definition) is 11. The van der Waals surface area contributed by atoms with Gasteiger partial charge in [-0.15, -0.1) is 0 Å². The summed E-state index contributed by atoms with van der Waals surface area (Å²) in [7, 11) is 2.98. The minimum absolute atomic E-state index is 0.00806. The molecule has 4 heterocycles. The third kappa shape index (κ3) is 9.68. The molecule has 0 aromatic rings. The van der Waals surface area contributed by atoms with E-state index in [-0.39, 0.29) is 35.5 Å². The number of aliphatic hydroxyl groups excluding tert-OH is 3. The van der Waals surface area contributed by atoms with Crippen LogP contribution in [-0.4, -0.2) is 82.0 Å². The van der Waals surface area contributed by atoms with Crippen LogP contribution in [0.1, 0.15) is 78.6 Å². The van der Waals surface area contributed by atoms with Crippen LogP contribution >= 0.6 is 20.7 Å². The van der Waals surface area contributed by atoms with Crippen molar-refractivity contribution in [2.24, 2.45) is 11.8 Å². The van der Waals surface area contributed by atoms with Crippen LogP contribution in [0.3, 0.4) is 0 Å². The van der Waals surface area contributed by atoms with E-state index in [4.69, 9.17) is 14.2 Å². The quantitative estimate of drug-likeness (QED) is 0.0555. The standard InChI is InChI=1S/C31H46N2O9S2/c1-17(12-22-28(38)27(37)20(15-41-22)14-23-29(42-23)18(2)19(3)34)13-25(36)40-11-9-7-5-4-6-8-10-24(35)33-26-30-21(16-43-44-30)32-31(26)39/h13,16,18-20,22-23,27-29,34,37-38H,4-12,14-15H2,1-3H3,(H,32,39)(H,33,35)/b17-13+/t18-,19-,20-,22-,23-,27+,28-,29-/m0/s1. The molecular weight excluding hydrogens is 608 g/mol. The Morgan fingerprint density at radius 1 is 1.14 bits per heavy atom. The smallest absolute Gasteiger partial charge is 0.330 e. The number of rotatable bonds is 17. The van der Waals surface area contributed by atoms with Gasteiger partial charge in [0.1, 0.15) is 11.8 Å². The molecule has 1 amide bonds. The number of carbonyl (C=O) groups excluding carboxylic acids is 2. The van der Waals surface area contributed by atoms with Gasteiger partial charge >= 0.3 is 5.97 Å². The molecule has 0 saturated carbocycles. The molecule has 4 rings (SSSR count). The summed E-state index contributed by atoms with van der Waals surface area (Å²) in [4.78, 5) is 40.0. The van der Waals surface area contributed by atoms with Crippen molar-refractivity contribution in [3.05, 3.63) is 27.4 Å². The van der Waals surface area contributed by atoms with Gasteiger partial charge in [-0.05, 0) is 39.5 Å². The molecule has 246 valence electrons. The maximum Gasteiger partial charge on any atom is 0.330 e. The topological polar surface area (TPSA) is 171 Å². The zero-order valence-corrected chi connectivity index (χ0v) is 27.3. The van der Waals surface area contributed by atoms with Gasteiger partial charge in [-0.2, -0.15) is 0 Å². The molecular formula is C31H46N2O9S2. The molecule has 0 unspecified atom stereocenters. The number of carbonyl (C=O) groups is 2. The number of fused-ring (bicyclic) bond motifs is 1. The van der Waals surface area contributed by atoms with Crippen molar-refractivity contribution in [1.29, 1.82) is 0 Å². The number of nitrogens with one attached hydrogen (secondary N) is 2. The van der Waals surface area contributed by atoms with E-state index in [1.807, 2.05) is 12.3 Å². The number of anilines is 1. The lowest BCUT2D eigenvalue weighted by Crippen LogP contribution is -2.50. The van der Waals surface area contributed by atoms with Gasteiger partial charge in [-0.3, -0.25) is 9.59 Å². The van der Waals surface area contributed by atoms with E-state index in [2.05, 4.69) is 10.3 Å². The van der Waals surface area contributed by atoms with Crippen molar-refractivity contribution in [2.45, 2.75) is 115 Å². The third-order valence-electron chi connectivity index (χ3n) is 8.61. The molecule has 4 aliphatic heterocycles. The van der Waals surface area contributed by atoms with E-state index in [1.54, 1.807) is 13.8 Å². The Kier molecular flexibility index (Phi) is 13.0. The Morgan fingerprint density at radius 3 is 2.61 bits per heavy atom. The molecule has 4 aliphatic rings. The number of aliphatic hydroxyl groups is 3. The number of ether oxygens (including phenoxy) is 3. The molecule has 0 bridgehead atoms. The molecule has 13 heteroatoms. The lowest BCUT2D eigenvalue weighted by molar-refractivity contribution is -0.165. The highest BCUT2D eigenvalue weighted by atomic mass is 32.9. The number of unbranched alkanes of at least 4 members (excludes halogenated alkanes) is 5. The number of H-pyrrole nitrogens is 1. The van der Waals surface area contributed by atoms with E-state index in [0.29, 0.717) is 43.7 Å². The molecule has 0 spiro atoms. The van der Waals surface area contributed by atoms with E-state index < -0.39 is 30.4 Å². The van der Waals surface area contributed by atoms with Crippen molar-refractivity contribution < 1.29 is 39.1 Å². The normalized spacial score (nSPS) is 26.8. The zero-order valence-electron chi connectivity index (χ0n) is 25.7. The fourth-order valence-corrected chi connectivity index (χ4v) is 7.84. The molecule has 44 heavy (non-hydrogen) atoms. The number of epoxide rings is 1. The molecule has 0 aromatic carbocycles. The van der Waals surface area contributed by atoms with Crippen LogP contribution in [0.4, 0.5) is 5.69 Å². The lowest BCUT2D eigenvalue weighted by Gasteiger charge is -2.38. The summed E-state index contributed by atoms with van der Waals surface area (Å²) in [6.45, 7) is 6.05. The first-order chi connectivity index (χ1) is 21.0. The van der Waals surface area contributed by atoms with Crippen molar-refractivity contribution >= 4 is 38.2 Å². The van der Waals surface area contributed by atoms with Crippen molar-refractivity contribution in [3.8, 4) is 10.6 Å². The van der Waals surface area contributed by atoms with Gasteiger partial charge in [0.15, 0.2) is 0 Å². The number of amides is 1. The predicted octanol–water partition coefficient (Wildman–Crippen LogP) is 4.06. The van der Waals surface area contributed by atoms with E-state index in [9.17, 15) is 29.7 Å². The molecule has 0 aromatic heterocycles. The van der Waals surface area contributed by atoms with Crippen LogP contribution in [0.5, 0.6) is 0 Å². The second kappa shape index (κ2) is 16.4. The van der Waals surface area contributed by atoms with Gasteiger partial charge in [0, 0.05) is 29.7 Å². The van der Waals surface area contributed by atoms with Gasteiger partial charge in [0.2, 0.25) is 5.91 Å². The fourth-order valence-electron chi connectivity index (χ4n) is 5.68. The summed E-state index contributed by atoms with van der Waals surface area (Å²) in [5.74, 6) is -0.839.